The summed E-state index contributed by atoms with van der Waals surface area (Å²) in [5.74, 6) is 2.09. The van der Waals surface area contributed by atoms with Crippen LogP contribution in [-0.4, -0.2) is 12.5 Å². The van der Waals surface area contributed by atoms with Gasteiger partial charge in [-0.1, -0.05) is 72.8 Å². The first-order chi connectivity index (χ1) is 14.3. The minimum atomic E-state index is 0.493. The Balaban J connectivity index is 1.62. The van der Waals surface area contributed by atoms with Crippen LogP contribution in [-0.2, 0) is 11.3 Å². The van der Waals surface area contributed by atoms with E-state index in [1.165, 1.54) is 21.9 Å². The number of rotatable bonds is 2. The van der Waals surface area contributed by atoms with Crippen LogP contribution < -0.4 is 10.2 Å². The van der Waals surface area contributed by atoms with E-state index in [1.54, 1.807) is 0 Å². The van der Waals surface area contributed by atoms with Crippen LogP contribution in [0, 0.1) is 0 Å². The lowest BCUT2D eigenvalue weighted by Crippen LogP contribution is -2.25. The number of hydrogen-bond donors (Lipinski definition) is 1. The fourth-order valence-electron chi connectivity index (χ4n) is 4.02. The minimum Gasteiger partial charge on any atom is -0.360 e. The van der Waals surface area contributed by atoms with Crippen molar-refractivity contribution in [1.29, 1.82) is 0 Å². The summed E-state index contributed by atoms with van der Waals surface area (Å²) in [7, 11) is 0. The van der Waals surface area contributed by atoms with Crippen molar-refractivity contribution in [2.24, 2.45) is 0 Å². The van der Waals surface area contributed by atoms with Crippen molar-refractivity contribution >= 4 is 28.1 Å². The van der Waals surface area contributed by atoms with Crippen LogP contribution in [0.4, 0.5) is 11.4 Å². The van der Waals surface area contributed by atoms with Gasteiger partial charge in [-0.2, -0.15) is 0 Å². The molecule has 0 amide bonds. The Morgan fingerprint density at radius 1 is 0.759 bits per heavy atom. The monoisotopic (exact) mass is 376 g/mol. The summed E-state index contributed by atoms with van der Waals surface area (Å²) in [5, 5.41) is 5.66. The van der Waals surface area contributed by atoms with Gasteiger partial charge < -0.3 is 10.2 Å². The van der Waals surface area contributed by atoms with Gasteiger partial charge in [-0.25, -0.2) is 4.79 Å². The molecule has 5 rings (SSSR count). The van der Waals surface area contributed by atoms with E-state index in [2.05, 4.69) is 95.0 Å². The lowest BCUT2D eigenvalue weighted by molar-refractivity contribution is 0.566. The molecule has 3 nitrogen and oxygen atoms in total. The molecule has 1 aliphatic heterocycles. The molecule has 0 bridgehead atoms. The predicted molar refractivity (Wildman–Crippen MR) is 120 cm³/mol. The molecular weight excluding hydrogens is 356 g/mol. The summed E-state index contributed by atoms with van der Waals surface area (Å²) >= 11 is 0. The first-order valence-corrected chi connectivity index (χ1v) is 9.74. The molecule has 1 N–H and O–H groups in total. The van der Waals surface area contributed by atoms with Crippen LogP contribution >= 0.6 is 0 Å². The number of benzene rings is 4. The summed E-state index contributed by atoms with van der Waals surface area (Å²) in [6, 6.07) is 31.4. The highest BCUT2D eigenvalue weighted by atomic mass is 16.1. The Morgan fingerprint density at radius 2 is 1.55 bits per heavy atom. The molecule has 0 atom stereocenters. The topological polar surface area (TPSA) is 32.3 Å². The van der Waals surface area contributed by atoms with Crippen molar-refractivity contribution in [1.82, 2.24) is 0 Å². The molecule has 140 valence electrons. The van der Waals surface area contributed by atoms with E-state index < -0.39 is 0 Å². The molecule has 0 aromatic heterocycles. The zero-order valence-corrected chi connectivity index (χ0v) is 15.9. The number of nitrogens with zero attached hydrogens (tertiary/aromatic N) is 1. The fraction of sp³-hybridized carbons (Fsp3) is 0.0769. The van der Waals surface area contributed by atoms with Crippen LogP contribution in [0.5, 0.6) is 0 Å². The third-order valence-corrected chi connectivity index (χ3v) is 5.44. The molecule has 29 heavy (non-hydrogen) atoms. The lowest BCUT2D eigenvalue weighted by Gasteiger charge is -2.24. The zero-order chi connectivity index (χ0) is 19.6. The first kappa shape index (κ1) is 17.3. The Hall–Kier alpha value is -3.81. The fourth-order valence-corrected chi connectivity index (χ4v) is 4.02. The molecule has 0 unspecified atom stereocenters. The summed E-state index contributed by atoms with van der Waals surface area (Å²) in [6.07, 6.45) is 0. The highest BCUT2D eigenvalue weighted by Crippen LogP contribution is 2.33. The molecule has 3 heteroatoms. The summed E-state index contributed by atoms with van der Waals surface area (Å²) < 4.78 is 0. The van der Waals surface area contributed by atoms with Crippen molar-refractivity contribution in [3.63, 3.8) is 0 Å². The minimum absolute atomic E-state index is 0.493. The molecule has 4 aromatic rings. The second-order valence-corrected chi connectivity index (χ2v) is 7.30. The van der Waals surface area contributed by atoms with Gasteiger partial charge in [-0.05, 0) is 40.3 Å². The molecule has 1 heterocycles. The number of fused-ring (bicyclic) bond motifs is 2. The summed E-state index contributed by atoms with van der Waals surface area (Å²) in [6.45, 7) is 1.20. The van der Waals surface area contributed by atoms with Gasteiger partial charge in [0.2, 0.25) is 0 Å². The molecule has 0 radical (unpaired) electrons. The van der Waals surface area contributed by atoms with Gasteiger partial charge in [0.25, 0.3) is 0 Å². The van der Waals surface area contributed by atoms with Crippen molar-refractivity contribution < 1.29 is 4.79 Å². The molecule has 0 saturated carbocycles. The average Bonchev–Trinajstić information content (AvgIpc) is 2.98. The molecule has 1 aliphatic rings. The third kappa shape index (κ3) is 3.29. The van der Waals surface area contributed by atoms with Crippen molar-refractivity contribution in [3.8, 4) is 11.1 Å². The van der Waals surface area contributed by atoms with Crippen LogP contribution in [0.1, 0.15) is 5.56 Å². The van der Waals surface area contributed by atoms with E-state index in [1.807, 2.05) is 12.1 Å². The maximum Gasteiger partial charge on any atom is 0.147 e. The summed E-state index contributed by atoms with van der Waals surface area (Å²) in [5.41, 5.74) is 6.14. The normalized spacial score (nSPS) is 13.4. The van der Waals surface area contributed by atoms with Gasteiger partial charge in [0.05, 0.1) is 6.54 Å². The van der Waals surface area contributed by atoms with Gasteiger partial charge >= 0.3 is 0 Å². The molecule has 4 aromatic carbocycles. The second-order valence-electron chi connectivity index (χ2n) is 7.30. The van der Waals surface area contributed by atoms with E-state index in [0.717, 1.165) is 16.9 Å². The molecule has 0 spiro atoms. The Morgan fingerprint density at radius 3 is 2.41 bits per heavy atom. The predicted octanol–water partition coefficient (Wildman–Crippen LogP) is 5.65. The standard InChI is InChI=1S/C26H20N2O/c29-18-23-17-28(26-12-6-10-20-9-4-5-11-24(20)26)16-22-15-21(13-14-25(22)27-23)19-7-2-1-3-8-19/h1-15,27H,16-17H2. The zero-order valence-electron chi connectivity index (χ0n) is 15.9. The SMILES string of the molecule is O=C=C1CN(c2cccc3ccccc23)Cc2cc(-c3ccccc3)ccc2N1. The Labute approximate surface area is 169 Å². The highest BCUT2D eigenvalue weighted by Gasteiger charge is 2.20. The number of anilines is 2. The highest BCUT2D eigenvalue weighted by molar-refractivity contribution is 5.94. The number of hydrogen-bond acceptors (Lipinski definition) is 3. The van der Waals surface area contributed by atoms with Crippen LogP contribution in [0.25, 0.3) is 21.9 Å². The van der Waals surface area contributed by atoms with Gasteiger partial charge in [0.15, 0.2) is 0 Å². The van der Waals surface area contributed by atoms with Crippen molar-refractivity contribution in [2.75, 3.05) is 16.8 Å². The average molecular weight is 376 g/mol. The molecular formula is C26H20N2O. The van der Waals surface area contributed by atoms with Crippen molar-refractivity contribution in [3.05, 3.63) is 102 Å². The maximum atomic E-state index is 11.6. The summed E-state index contributed by atoms with van der Waals surface area (Å²) in [4.78, 5) is 13.8. The molecule has 0 aliphatic carbocycles. The van der Waals surface area contributed by atoms with E-state index in [0.29, 0.717) is 18.8 Å². The van der Waals surface area contributed by atoms with Crippen LogP contribution in [0.3, 0.4) is 0 Å². The Bertz CT molecular complexity index is 1230. The van der Waals surface area contributed by atoms with E-state index >= 15 is 0 Å². The van der Waals surface area contributed by atoms with Crippen molar-refractivity contribution in [2.45, 2.75) is 6.54 Å². The van der Waals surface area contributed by atoms with Crippen LogP contribution in [0.2, 0.25) is 0 Å². The van der Waals surface area contributed by atoms with E-state index in [9.17, 15) is 4.79 Å². The quantitative estimate of drug-likeness (QED) is 0.459. The van der Waals surface area contributed by atoms with E-state index in [4.69, 9.17) is 0 Å². The number of carbonyl (C=O) groups excluding carboxylic acids is 1. The van der Waals surface area contributed by atoms with Gasteiger partial charge in [-0.3, -0.25) is 0 Å². The molecule has 0 fully saturated rings. The molecule has 0 saturated heterocycles. The second kappa shape index (κ2) is 7.31. The van der Waals surface area contributed by atoms with Gasteiger partial charge in [0.1, 0.15) is 11.6 Å². The van der Waals surface area contributed by atoms with Gasteiger partial charge in [-0.15, -0.1) is 0 Å². The largest absolute Gasteiger partial charge is 0.360 e. The lowest BCUT2D eigenvalue weighted by atomic mass is 10.0. The Kier molecular flexibility index (Phi) is 4.36. The third-order valence-electron chi connectivity index (χ3n) is 5.44. The maximum absolute atomic E-state index is 11.6. The van der Waals surface area contributed by atoms with E-state index in [-0.39, 0.29) is 0 Å². The van der Waals surface area contributed by atoms with Gasteiger partial charge in [0, 0.05) is 23.3 Å². The smallest absolute Gasteiger partial charge is 0.147 e. The first-order valence-electron chi connectivity index (χ1n) is 9.74. The number of nitrogens with one attached hydrogen (secondary N) is 1. The van der Waals surface area contributed by atoms with Crippen LogP contribution in [0.15, 0.2) is 96.7 Å².